The van der Waals surface area contributed by atoms with Crippen LogP contribution in [-0.4, -0.2) is 38.3 Å². The molecule has 0 amide bonds. The first-order valence-corrected chi connectivity index (χ1v) is 7.84. The molecule has 4 nitrogen and oxygen atoms in total. The molecule has 0 aromatic heterocycles. The first-order valence-electron chi connectivity index (χ1n) is 5.00. The van der Waals surface area contributed by atoms with Crippen LogP contribution in [0, 0.1) is 11.6 Å². The lowest BCUT2D eigenvalue weighted by atomic mass is 10.3. The van der Waals surface area contributed by atoms with Crippen molar-refractivity contribution in [2.45, 2.75) is 4.90 Å². The number of nitrogens with two attached hydrogens (primary N) is 1. The summed E-state index contributed by atoms with van der Waals surface area (Å²) in [5, 5.41) is 0. The van der Waals surface area contributed by atoms with Crippen molar-refractivity contribution in [3.63, 3.8) is 0 Å². The third kappa shape index (κ3) is 3.12. The molecule has 0 atom stereocenters. The molecule has 0 saturated heterocycles. The van der Waals surface area contributed by atoms with Crippen LogP contribution in [0.15, 0.2) is 17.0 Å². The molecular formula is C10H14F2N2O2S2. The van der Waals surface area contributed by atoms with Gasteiger partial charge in [-0.1, -0.05) is 0 Å². The molecule has 1 rings (SSSR count). The minimum absolute atomic E-state index is 0.157. The first-order chi connectivity index (χ1) is 8.30. The van der Waals surface area contributed by atoms with Crippen molar-refractivity contribution >= 4 is 27.5 Å². The van der Waals surface area contributed by atoms with Crippen LogP contribution in [-0.2, 0) is 10.0 Å². The Balaban J connectivity index is 3.20. The fourth-order valence-electron chi connectivity index (χ4n) is 1.32. The maximum atomic E-state index is 13.6. The van der Waals surface area contributed by atoms with Crippen LogP contribution in [0.3, 0.4) is 0 Å². The number of anilines is 1. The maximum absolute atomic E-state index is 13.6. The van der Waals surface area contributed by atoms with Gasteiger partial charge in [0.15, 0.2) is 4.90 Å². The highest BCUT2D eigenvalue weighted by Crippen LogP contribution is 2.24. The van der Waals surface area contributed by atoms with Crippen molar-refractivity contribution < 1.29 is 17.2 Å². The van der Waals surface area contributed by atoms with Gasteiger partial charge in [-0.05, 0) is 18.4 Å². The largest absolute Gasteiger partial charge is 0.399 e. The number of benzene rings is 1. The molecule has 0 fully saturated rings. The molecule has 0 spiro atoms. The van der Waals surface area contributed by atoms with Gasteiger partial charge in [0.1, 0.15) is 11.6 Å². The number of hydrogen-bond donors (Lipinski definition) is 1. The van der Waals surface area contributed by atoms with Crippen molar-refractivity contribution in [3.8, 4) is 0 Å². The third-order valence-corrected chi connectivity index (χ3v) is 4.80. The van der Waals surface area contributed by atoms with E-state index in [0.717, 1.165) is 16.4 Å². The molecule has 0 heterocycles. The highest BCUT2D eigenvalue weighted by Gasteiger charge is 2.28. The Morgan fingerprint density at radius 2 is 1.83 bits per heavy atom. The average Bonchev–Trinajstić information content (AvgIpc) is 2.23. The Morgan fingerprint density at radius 1 is 1.33 bits per heavy atom. The fourth-order valence-corrected chi connectivity index (χ4v) is 3.15. The predicted octanol–water partition coefficient (Wildman–Crippen LogP) is 1.53. The second-order valence-electron chi connectivity index (χ2n) is 3.63. The lowest BCUT2D eigenvalue weighted by Gasteiger charge is -2.17. The molecule has 0 aliphatic rings. The van der Waals surface area contributed by atoms with Crippen molar-refractivity contribution in [2.24, 2.45) is 0 Å². The van der Waals surface area contributed by atoms with Gasteiger partial charge in [-0.15, -0.1) is 0 Å². The van der Waals surface area contributed by atoms with Gasteiger partial charge in [-0.3, -0.25) is 0 Å². The summed E-state index contributed by atoms with van der Waals surface area (Å²) in [4.78, 5) is -0.958. The Bertz CT molecular complexity index is 512. The summed E-state index contributed by atoms with van der Waals surface area (Å²) in [6.45, 7) is 0.173. The van der Waals surface area contributed by atoms with Gasteiger partial charge in [0.25, 0.3) is 0 Å². The summed E-state index contributed by atoms with van der Waals surface area (Å²) in [6, 6.07) is 1.58. The Morgan fingerprint density at radius 3 is 2.28 bits per heavy atom. The summed E-state index contributed by atoms with van der Waals surface area (Å²) >= 11 is 1.44. The predicted molar refractivity (Wildman–Crippen MR) is 69.0 cm³/mol. The molecule has 1 aromatic carbocycles. The van der Waals surface area contributed by atoms with E-state index < -0.39 is 26.6 Å². The van der Waals surface area contributed by atoms with E-state index in [1.807, 2.05) is 6.26 Å². The molecular weight excluding hydrogens is 282 g/mol. The lowest BCUT2D eigenvalue weighted by molar-refractivity contribution is 0.464. The summed E-state index contributed by atoms with van der Waals surface area (Å²) in [6.07, 6.45) is 1.81. The van der Waals surface area contributed by atoms with Crippen LogP contribution < -0.4 is 5.73 Å². The second kappa shape index (κ2) is 5.85. The highest BCUT2D eigenvalue weighted by molar-refractivity contribution is 7.98. The molecule has 18 heavy (non-hydrogen) atoms. The Labute approximate surface area is 109 Å². The fraction of sp³-hybridized carbons (Fsp3) is 0.400. The van der Waals surface area contributed by atoms with Gasteiger partial charge in [0, 0.05) is 25.0 Å². The molecule has 8 heteroatoms. The third-order valence-electron chi connectivity index (χ3n) is 2.30. The summed E-state index contributed by atoms with van der Waals surface area (Å²) in [5.41, 5.74) is 5.08. The minimum atomic E-state index is -4.17. The summed E-state index contributed by atoms with van der Waals surface area (Å²) in [7, 11) is -2.90. The Kier molecular flexibility index (Phi) is 4.94. The number of sulfonamides is 1. The molecule has 0 saturated carbocycles. The number of halogens is 2. The van der Waals surface area contributed by atoms with Crippen LogP contribution in [0.1, 0.15) is 0 Å². The monoisotopic (exact) mass is 296 g/mol. The van der Waals surface area contributed by atoms with Crippen LogP contribution >= 0.6 is 11.8 Å². The SMILES string of the molecule is CSCCN(C)S(=O)(=O)c1c(F)cc(N)cc1F. The Hall–Kier alpha value is -0.860. The molecule has 0 radical (unpaired) electrons. The standard InChI is InChI=1S/C10H14F2N2O2S2/c1-14(3-4-17-2)18(15,16)10-8(11)5-7(13)6-9(10)12/h5-6H,3-4,13H2,1-2H3. The molecule has 102 valence electrons. The summed E-state index contributed by atoms with van der Waals surface area (Å²) in [5.74, 6) is -1.82. The molecule has 0 aliphatic heterocycles. The van der Waals surface area contributed by atoms with Crippen molar-refractivity contribution in [1.82, 2.24) is 4.31 Å². The molecule has 0 aliphatic carbocycles. The number of nitrogen functional groups attached to an aromatic ring is 1. The van der Waals surface area contributed by atoms with E-state index in [0.29, 0.717) is 5.75 Å². The lowest BCUT2D eigenvalue weighted by Crippen LogP contribution is -2.30. The van der Waals surface area contributed by atoms with Crippen LogP contribution in [0.2, 0.25) is 0 Å². The molecule has 0 bridgehead atoms. The van der Waals surface area contributed by atoms with E-state index in [4.69, 9.17) is 5.73 Å². The van der Waals surface area contributed by atoms with Crippen molar-refractivity contribution in [3.05, 3.63) is 23.8 Å². The number of thioether (sulfide) groups is 1. The number of hydrogen-bond acceptors (Lipinski definition) is 4. The van der Waals surface area contributed by atoms with Crippen LogP contribution in [0.25, 0.3) is 0 Å². The molecule has 0 unspecified atom stereocenters. The van der Waals surface area contributed by atoms with Gasteiger partial charge in [-0.25, -0.2) is 17.2 Å². The molecule has 1 aromatic rings. The topological polar surface area (TPSA) is 63.4 Å². The minimum Gasteiger partial charge on any atom is -0.399 e. The maximum Gasteiger partial charge on any atom is 0.248 e. The van der Waals surface area contributed by atoms with Gasteiger partial charge < -0.3 is 5.73 Å². The van der Waals surface area contributed by atoms with Gasteiger partial charge in [0.05, 0.1) is 0 Å². The van der Waals surface area contributed by atoms with E-state index in [1.165, 1.54) is 18.8 Å². The zero-order valence-corrected chi connectivity index (χ0v) is 11.6. The zero-order valence-electron chi connectivity index (χ0n) is 9.98. The zero-order chi connectivity index (χ0) is 13.9. The highest BCUT2D eigenvalue weighted by atomic mass is 32.2. The van der Waals surface area contributed by atoms with E-state index in [2.05, 4.69) is 0 Å². The van der Waals surface area contributed by atoms with Gasteiger partial charge >= 0.3 is 0 Å². The number of rotatable bonds is 5. The summed E-state index contributed by atoms with van der Waals surface area (Å²) < 4.78 is 52.0. The van der Waals surface area contributed by atoms with E-state index >= 15 is 0 Å². The van der Waals surface area contributed by atoms with E-state index in [1.54, 1.807) is 0 Å². The van der Waals surface area contributed by atoms with Crippen molar-refractivity contribution in [2.75, 3.05) is 31.3 Å². The normalized spacial score (nSPS) is 12.1. The van der Waals surface area contributed by atoms with E-state index in [9.17, 15) is 17.2 Å². The van der Waals surface area contributed by atoms with Crippen molar-refractivity contribution in [1.29, 1.82) is 0 Å². The average molecular weight is 296 g/mol. The molecule has 2 N–H and O–H groups in total. The quantitative estimate of drug-likeness (QED) is 0.837. The smallest absolute Gasteiger partial charge is 0.248 e. The second-order valence-corrected chi connectivity index (χ2v) is 6.60. The van der Waals surface area contributed by atoms with Crippen LogP contribution in [0.5, 0.6) is 0 Å². The van der Waals surface area contributed by atoms with Gasteiger partial charge in [-0.2, -0.15) is 16.1 Å². The van der Waals surface area contributed by atoms with Crippen LogP contribution in [0.4, 0.5) is 14.5 Å². The first kappa shape index (κ1) is 15.2. The number of nitrogens with zero attached hydrogens (tertiary/aromatic N) is 1. The van der Waals surface area contributed by atoms with Gasteiger partial charge in [0.2, 0.25) is 10.0 Å². The van der Waals surface area contributed by atoms with E-state index in [-0.39, 0.29) is 12.2 Å².